The Kier molecular flexibility index (Phi) is 7.38. The Bertz CT molecular complexity index is 957. The van der Waals surface area contributed by atoms with Gasteiger partial charge in [-0.05, 0) is 56.1 Å². The van der Waals surface area contributed by atoms with Gasteiger partial charge in [-0.15, -0.1) is 22.0 Å². The third kappa shape index (κ3) is 4.79. The number of carbonyl (C=O) groups excluding carboxylic acids is 1. The van der Waals surface area contributed by atoms with Gasteiger partial charge in [-0.3, -0.25) is 4.79 Å². The van der Waals surface area contributed by atoms with Crippen molar-refractivity contribution in [1.82, 2.24) is 10.2 Å². The number of nitrogens with zero attached hydrogens (tertiary/aromatic N) is 2. The van der Waals surface area contributed by atoms with Gasteiger partial charge in [0.1, 0.15) is 11.4 Å². The predicted molar refractivity (Wildman–Crippen MR) is 119 cm³/mol. The summed E-state index contributed by atoms with van der Waals surface area (Å²) >= 11 is 1.66. The minimum absolute atomic E-state index is 0.144. The Hall–Kier alpha value is -2.52. The number of hydrogen-bond donors (Lipinski definition) is 0. The van der Waals surface area contributed by atoms with E-state index in [1.807, 2.05) is 13.2 Å². The zero-order valence-electron chi connectivity index (χ0n) is 18.1. The average Bonchev–Trinajstić information content (AvgIpc) is 2.77. The highest BCUT2D eigenvalue weighted by atomic mass is 32.2. The molecule has 2 heterocycles. The summed E-state index contributed by atoms with van der Waals surface area (Å²) < 4.78 is 11.1. The number of carbonyl (C=O) groups is 1. The summed E-state index contributed by atoms with van der Waals surface area (Å²) in [4.78, 5) is 12.7. The van der Waals surface area contributed by atoms with Crippen molar-refractivity contribution in [1.29, 1.82) is 0 Å². The van der Waals surface area contributed by atoms with Gasteiger partial charge in [0.15, 0.2) is 0 Å². The van der Waals surface area contributed by atoms with Crippen molar-refractivity contribution in [3.05, 3.63) is 41.1 Å². The van der Waals surface area contributed by atoms with Gasteiger partial charge in [0.05, 0.1) is 6.61 Å². The van der Waals surface area contributed by atoms with Crippen LogP contribution in [0.15, 0.2) is 29.2 Å². The first-order valence-corrected chi connectivity index (χ1v) is 11.7. The second kappa shape index (κ2) is 9.99. The third-order valence-electron chi connectivity index (χ3n) is 5.70. The number of esters is 1. The van der Waals surface area contributed by atoms with E-state index in [-0.39, 0.29) is 17.3 Å². The maximum absolute atomic E-state index is 11.6. The Morgan fingerprint density at radius 2 is 2.00 bits per heavy atom. The summed E-state index contributed by atoms with van der Waals surface area (Å²) in [5, 5.41) is 8.03. The van der Waals surface area contributed by atoms with Crippen LogP contribution in [0.4, 0.5) is 0 Å². The SMILES string of the molecule is CCCC(=O)Oc1ccc(C#Cc2cc3c(cc2SC)OCCC3(CC)CC)nn1. The molecule has 0 saturated carbocycles. The van der Waals surface area contributed by atoms with E-state index in [2.05, 4.69) is 48.0 Å². The molecule has 0 saturated heterocycles. The van der Waals surface area contributed by atoms with E-state index in [4.69, 9.17) is 9.47 Å². The number of rotatable bonds is 6. The smallest absolute Gasteiger partial charge is 0.312 e. The van der Waals surface area contributed by atoms with Gasteiger partial charge in [0, 0.05) is 33.9 Å². The fourth-order valence-corrected chi connectivity index (χ4v) is 4.34. The van der Waals surface area contributed by atoms with Crippen molar-refractivity contribution >= 4 is 17.7 Å². The van der Waals surface area contributed by atoms with E-state index in [1.54, 1.807) is 23.9 Å². The molecule has 0 N–H and O–H groups in total. The number of benzene rings is 1. The first-order chi connectivity index (χ1) is 14.5. The van der Waals surface area contributed by atoms with Crippen molar-refractivity contribution in [2.24, 2.45) is 0 Å². The predicted octanol–water partition coefficient (Wildman–Crippen LogP) is 5.14. The van der Waals surface area contributed by atoms with Crippen LogP contribution >= 0.6 is 11.8 Å². The van der Waals surface area contributed by atoms with E-state index >= 15 is 0 Å². The molecule has 0 atom stereocenters. The summed E-state index contributed by atoms with van der Waals surface area (Å²) in [7, 11) is 0. The average molecular weight is 425 g/mol. The molecule has 2 aromatic rings. The molecule has 0 radical (unpaired) electrons. The minimum atomic E-state index is -0.304. The molecule has 5 nitrogen and oxygen atoms in total. The molecule has 1 aromatic carbocycles. The number of aromatic nitrogens is 2. The summed E-state index contributed by atoms with van der Waals surface area (Å²) in [5.74, 6) is 7.23. The second-order valence-electron chi connectivity index (χ2n) is 7.37. The molecular weight excluding hydrogens is 396 g/mol. The van der Waals surface area contributed by atoms with Crippen molar-refractivity contribution in [2.45, 2.75) is 63.2 Å². The summed E-state index contributed by atoms with van der Waals surface area (Å²) in [6.45, 7) is 7.18. The van der Waals surface area contributed by atoms with E-state index in [9.17, 15) is 4.79 Å². The van der Waals surface area contributed by atoms with Gasteiger partial charge in [-0.2, -0.15) is 0 Å². The molecule has 6 heteroatoms. The van der Waals surface area contributed by atoms with Gasteiger partial charge in [-0.1, -0.05) is 26.7 Å². The monoisotopic (exact) mass is 424 g/mol. The molecule has 30 heavy (non-hydrogen) atoms. The lowest BCUT2D eigenvalue weighted by Gasteiger charge is -2.38. The molecule has 1 aliphatic heterocycles. The lowest BCUT2D eigenvalue weighted by atomic mass is 9.71. The number of hydrogen-bond acceptors (Lipinski definition) is 6. The Balaban J connectivity index is 1.89. The normalized spacial score (nSPS) is 14.1. The van der Waals surface area contributed by atoms with Gasteiger partial charge in [0.2, 0.25) is 5.88 Å². The molecule has 0 bridgehead atoms. The fraction of sp³-hybridized carbons (Fsp3) is 0.458. The zero-order chi connectivity index (χ0) is 21.6. The van der Waals surface area contributed by atoms with Gasteiger partial charge >= 0.3 is 5.97 Å². The third-order valence-corrected chi connectivity index (χ3v) is 6.48. The lowest BCUT2D eigenvalue weighted by molar-refractivity contribution is -0.134. The van der Waals surface area contributed by atoms with Crippen LogP contribution in [-0.2, 0) is 10.2 Å². The number of fused-ring (bicyclic) bond motifs is 1. The van der Waals surface area contributed by atoms with Crippen molar-refractivity contribution < 1.29 is 14.3 Å². The van der Waals surface area contributed by atoms with Crippen LogP contribution in [0.1, 0.15) is 69.7 Å². The number of ether oxygens (including phenoxy) is 2. The second-order valence-corrected chi connectivity index (χ2v) is 8.21. The van der Waals surface area contributed by atoms with Crippen LogP contribution in [0.5, 0.6) is 11.6 Å². The van der Waals surface area contributed by atoms with Crippen LogP contribution in [0.3, 0.4) is 0 Å². The highest BCUT2D eigenvalue weighted by Crippen LogP contribution is 2.45. The molecule has 1 aromatic heterocycles. The molecule has 0 fully saturated rings. The Morgan fingerprint density at radius 3 is 2.63 bits per heavy atom. The Morgan fingerprint density at radius 1 is 1.20 bits per heavy atom. The van der Waals surface area contributed by atoms with Crippen LogP contribution in [0.2, 0.25) is 0 Å². The molecular formula is C24H28N2O3S. The molecule has 1 aliphatic rings. The first-order valence-electron chi connectivity index (χ1n) is 10.5. The largest absolute Gasteiger partial charge is 0.493 e. The highest BCUT2D eigenvalue weighted by molar-refractivity contribution is 7.98. The molecule has 0 amide bonds. The van der Waals surface area contributed by atoms with E-state index in [1.165, 1.54) is 5.56 Å². The maximum Gasteiger partial charge on any atom is 0.312 e. The van der Waals surface area contributed by atoms with Gasteiger partial charge in [-0.25, -0.2) is 0 Å². The van der Waals surface area contributed by atoms with Gasteiger partial charge in [0.25, 0.3) is 0 Å². The molecule has 158 valence electrons. The quantitative estimate of drug-likeness (QED) is 0.363. The highest BCUT2D eigenvalue weighted by Gasteiger charge is 2.35. The molecule has 0 unspecified atom stereocenters. The van der Waals surface area contributed by atoms with E-state index in [0.29, 0.717) is 12.1 Å². The molecule has 3 rings (SSSR count). The van der Waals surface area contributed by atoms with Crippen LogP contribution in [0, 0.1) is 11.8 Å². The maximum atomic E-state index is 11.6. The molecule has 0 spiro atoms. The van der Waals surface area contributed by atoms with Gasteiger partial charge < -0.3 is 9.47 Å². The minimum Gasteiger partial charge on any atom is -0.493 e. The molecule has 0 aliphatic carbocycles. The fourth-order valence-electron chi connectivity index (χ4n) is 3.78. The van der Waals surface area contributed by atoms with Crippen LogP contribution in [0.25, 0.3) is 0 Å². The van der Waals surface area contributed by atoms with Crippen molar-refractivity contribution in [2.75, 3.05) is 12.9 Å². The van der Waals surface area contributed by atoms with Crippen LogP contribution < -0.4 is 9.47 Å². The Labute approximate surface area is 183 Å². The topological polar surface area (TPSA) is 61.3 Å². The summed E-state index contributed by atoms with van der Waals surface area (Å²) in [6, 6.07) is 7.65. The lowest BCUT2D eigenvalue weighted by Crippen LogP contribution is -2.31. The van der Waals surface area contributed by atoms with E-state index in [0.717, 1.165) is 48.5 Å². The van der Waals surface area contributed by atoms with Crippen molar-refractivity contribution in [3.63, 3.8) is 0 Å². The zero-order valence-corrected chi connectivity index (χ0v) is 18.9. The summed E-state index contributed by atoms with van der Waals surface area (Å²) in [5.41, 5.74) is 2.90. The van der Waals surface area contributed by atoms with E-state index < -0.39 is 0 Å². The summed E-state index contributed by atoms with van der Waals surface area (Å²) in [6.07, 6.45) is 6.32. The number of thioether (sulfide) groups is 1. The standard InChI is InChI=1S/C24H28N2O3S/c1-5-8-23(27)29-22-12-11-18(25-26-22)10-9-17-15-19-20(16-21(17)30-4)28-14-13-24(19,6-2)7-3/h11-12,15-16H,5-8,13-14H2,1-4H3. The van der Waals surface area contributed by atoms with Crippen molar-refractivity contribution in [3.8, 4) is 23.5 Å². The van der Waals surface area contributed by atoms with Crippen LogP contribution in [-0.4, -0.2) is 29.0 Å². The first kappa shape index (κ1) is 22.2.